The van der Waals surface area contributed by atoms with Crippen LogP contribution in [-0.4, -0.2) is 53.4 Å². The number of benzene rings is 1. The van der Waals surface area contributed by atoms with Crippen LogP contribution in [-0.2, 0) is 19.1 Å². The van der Waals surface area contributed by atoms with Crippen LogP contribution in [0.3, 0.4) is 0 Å². The van der Waals surface area contributed by atoms with Crippen molar-refractivity contribution in [1.29, 1.82) is 0 Å². The molecule has 2 heterocycles. The number of carbonyl (C=O) groups excluding carboxylic acids is 4. The van der Waals surface area contributed by atoms with Crippen molar-refractivity contribution in [2.75, 3.05) is 18.1 Å². The van der Waals surface area contributed by atoms with Crippen molar-refractivity contribution in [3.8, 4) is 0 Å². The molecule has 3 rings (SSSR count). The van der Waals surface area contributed by atoms with Crippen molar-refractivity contribution in [1.82, 2.24) is 10.2 Å². The third kappa shape index (κ3) is 4.03. The third-order valence-corrected chi connectivity index (χ3v) is 6.12. The molecular formula is C23H31N3O5. The molecule has 1 aromatic rings. The van der Waals surface area contributed by atoms with Gasteiger partial charge < -0.3 is 15.0 Å². The Morgan fingerprint density at radius 3 is 2.55 bits per heavy atom. The van der Waals surface area contributed by atoms with Crippen molar-refractivity contribution in [3.63, 3.8) is 0 Å². The SMILES string of the molecule is CCCCN1C(=O)c2ccccc2N2C(=O)CC[C@@]12C(=O)OCC(=O)NC(CC)CC. The summed E-state index contributed by atoms with van der Waals surface area (Å²) in [6.07, 6.45) is 3.32. The summed E-state index contributed by atoms with van der Waals surface area (Å²) >= 11 is 0. The molecule has 3 amide bonds. The molecule has 0 aromatic heterocycles. The zero-order valence-corrected chi connectivity index (χ0v) is 18.5. The van der Waals surface area contributed by atoms with Gasteiger partial charge in [-0.05, 0) is 31.4 Å². The van der Waals surface area contributed by atoms with Crippen molar-refractivity contribution in [3.05, 3.63) is 29.8 Å². The fourth-order valence-corrected chi connectivity index (χ4v) is 4.38. The van der Waals surface area contributed by atoms with E-state index in [1.807, 2.05) is 20.8 Å². The Kier molecular flexibility index (Phi) is 6.97. The summed E-state index contributed by atoms with van der Waals surface area (Å²) in [6, 6.07) is 6.83. The zero-order chi connectivity index (χ0) is 22.6. The molecule has 2 aliphatic heterocycles. The van der Waals surface area contributed by atoms with Crippen molar-refractivity contribution < 1.29 is 23.9 Å². The number of amides is 3. The Hall–Kier alpha value is -2.90. The zero-order valence-electron chi connectivity index (χ0n) is 18.5. The lowest BCUT2D eigenvalue weighted by molar-refractivity contribution is -0.160. The molecule has 168 valence electrons. The maximum absolute atomic E-state index is 13.4. The van der Waals surface area contributed by atoms with Crippen LogP contribution in [0, 0.1) is 0 Å². The number of rotatable bonds is 9. The van der Waals surface area contributed by atoms with Gasteiger partial charge in [0.1, 0.15) is 0 Å². The maximum atomic E-state index is 13.4. The Bertz CT molecular complexity index is 867. The predicted molar refractivity (Wildman–Crippen MR) is 115 cm³/mol. The molecule has 0 radical (unpaired) electrons. The van der Waals surface area contributed by atoms with E-state index < -0.39 is 24.1 Å². The number of nitrogens with one attached hydrogen (secondary N) is 1. The van der Waals surface area contributed by atoms with Crippen LogP contribution in [0.25, 0.3) is 0 Å². The summed E-state index contributed by atoms with van der Waals surface area (Å²) < 4.78 is 5.42. The number of anilines is 1. The van der Waals surface area contributed by atoms with Gasteiger partial charge >= 0.3 is 5.97 Å². The van der Waals surface area contributed by atoms with Crippen LogP contribution in [0.2, 0.25) is 0 Å². The van der Waals surface area contributed by atoms with E-state index in [1.54, 1.807) is 24.3 Å². The third-order valence-electron chi connectivity index (χ3n) is 6.12. The first kappa shape index (κ1) is 22.8. The molecule has 8 heteroatoms. The Balaban J connectivity index is 1.92. The van der Waals surface area contributed by atoms with Crippen molar-refractivity contribution in [2.45, 2.75) is 71.0 Å². The first-order valence-corrected chi connectivity index (χ1v) is 11.1. The Labute approximate surface area is 182 Å². The fourth-order valence-electron chi connectivity index (χ4n) is 4.38. The first-order chi connectivity index (χ1) is 14.9. The van der Waals surface area contributed by atoms with Crippen LogP contribution < -0.4 is 10.2 Å². The number of nitrogens with zero attached hydrogens (tertiary/aromatic N) is 2. The van der Waals surface area contributed by atoms with Crippen LogP contribution in [0.5, 0.6) is 0 Å². The Morgan fingerprint density at radius 2 is 1.87 bits per heavy atom. The molecule has 0 saturated carbocycles. The normalized spacial score (nSPS) is 20.0. The molecule has 2 aliphatic rings. The number of unbranched alkanes of at least 4 members (excludes halogenated alkanes) is 1. The summed E-state index contributed by atoms with van der Waals surface area (Å²) in [5.74, 6) is -1.66. The molecule has 1 fully saturated rings. The van der Waals surface area contributed by atoms with Gasteiger partial charge in [0.25, 0.3) is 11.8 Å². The lowest BCUT2D eigenvalue weighted by atomic mass is 9.96. The van der Waals surface area contributed by atoms with E-state index in [0.717, 1.165) is 19.3 Å². The highest BCUT2D eigenvalue weighted by Gasteiger charge is 2.61. The Morgan fingerprint density at radius 1 is 1.16 bits per heavy atom. The monoisotopic (exact) mass is 429 g/mol. The van der Waals surface area contributed by atoms with Gasteiger partial charge in [0.2, 0.25) is 11.6 Å². The van der Waals surface area contributed by atoms with E-state index in [4.69, 9.17) is 4.74 Å². The molecule has 1 saturated heterocycles. The number of hydrogen-bond donors (Lipinski definition) is 1. The average Bonchev–Trinajstić information content (AvgIpc) is 3.14. The summed E-state index contributed by atoms with van der Waals surface area (Å²) in [4.78, 5) is 54.8. The molecule has 0 bridgehead atoms. The van der Waals surface area contributed by atoms with Gasteiger partial charge in [0.05, 0.1) is 11.3 Å². The average molecular weight is 430 g/mol. The standard InChI is InChI=1S/C23H31N3O5/c1-4-7-14-25-21(29)17-10-8-9-11-18(17)26-20(28)12-13-23(25,26)22(30)31-15-19(27)24-16(5-2)6-3/h8-11,16H,4-7,12-15H2,1-3H3,(H,24,27)/t23-/m1/s1. The second kappa shape index (κ2) is 9.49. The van der Waals surface area contributed by atoms with Crippen molar-refractivity contribution >= 4 is 29.4 Å². The highest BCUT2D eigenvalue weighted by molar-refractivity contribution is 6.15. The van der Waals surface area contributed by atoms with Gasteiger partial charge in [-0.3, -0.25) is 19.3 Å². The molecule has 8 nitrogen and oxygen atoms in total. The predicted octanol–water partition coefficient (Wildman–Crippen LogP) is 2.61. The molecule has 1 N–H and O–H groups in total. The summed E-state index contributed by atoms with van der Waals surface area (Å²) in [7, 11) is 0. The molecule has 0 unspecified atom stereocenters. The van der Waals surface area contributed by atoms with Gasteiger partial charge in [-0.15, -0.1) is 0 Å². The lowest BCUT2D eigenvalue weighted by Crippen LogP contribution is -2.68. The fraction of sp³-hybridized carbons (Fsp3) is 0.565. The molecule has 0 aliphatic carbocycles. The molecule has 0 spiro atoms. The second-order valence-electron chi connectivity index (χ2n) is 8.03. The van der Waals surface area contributed by atoms with Crippen molar-refractivity contribution in [2.24, 2.45) is 0 Å². The second-order valence-corrected chi connectivity index (χ2v) is 8.03. The molecule has 31 heavy (non-hydrogen) atoms. The number of esters is 1. The molecular weight excluding hydrogens is 398 g/mol. The summed E-state index contributed by atoms with van der Waals surface area (Å²) in [5, 5.41) is 2.83. The van der Waals surface area contributed by atoms with Crippen LogP contribution >= 0.6 is 0 Å². The highest BCUT2D eigenvalue weighted by atomic mass is 16.5. The van der Waals surface area contributed by atoms with Gasteiger partial charge in [0, 0.05) is 25.4 Å². The van der Waals surface area contributed by atoms with Gasteiger partial charge in [-0.25, -0.2) is 4.79 Å². The highest BCUT2D eigenvalue weighted by Crippen LogP contribution is 2.45. The number of hydrogen-bond acceptors (Lipinski definition) is 5. The maximum Gasteiger partial charge on any atom is 0.354 e. The van der Waals surface area contributed by atoms with Crippen LogP contribution in [0.4, 0.5) is 5.69 Å². The smallest absolute Gasteiger partial charge is 0.354 e. The van der Waals surface area contributed by atoms with Gasteiger partial charge in [-0.2, -0.15) is 0 Å². The van der Waals surface area contributed by atoms with E-state index >= 15 is 0 Å². The van der Waals surface area contributed by atoms with E-state index in [0.29, 0.717) is 24.2 Å². The summed E-state index contributed by atoms with van der Waals surface area (Å²) in [5.41, 5.74) is -0.739. The van der Waals surface area contributed by atoms with E-state index in [9.17, 15) is 19.2 Å². The van der Waals surface area contributed by atoms with Crippen LogP contribution in [0.1, 0.15) is 69.7 Å². The lowest BCUT2D eigenvalue weighted by Gasteiger charge is -2.48. The molecule has 1 atom stereocenters. The minimum atomic E-state index is -1.55. The number of fused-ring (bicyclic) bond motifs is 3. The topological polar surface area (TPSA) is 96.0 Å². The summed E-state index contributed by atoms with van der Waals surface area (Å²) in [6.45, 7) is 5.81. The first-order valence-electron chi connectivity index (χ1n) is 11.1. The number of ether oxygens (including phenoxy) is 1. The van der Waals surface area contributed by atoms with Crippen LogP contribution in [0.15, 0.2) is 24.3 Å². The number of para-hydroxylation sites is 1. The van der Waals surface area contributed by atoms with E-state index in [2.05, 4.69) is 5.32 Å². The minimum Gasteiger partial charge on any atom is -0.452 e. The minimum absolute atomic E-state index is 0.0121. The van der Waals surface area contributed by atoms with Gasteiger partial charge in [0.15, 0.2) is 6.61 Å². The quantitative estimate of drug-likeness (QED) is 0.609. The number of carbonyl (C=O) groups is 4. The van der Waals surface area contributed by atoms with Gasteiger partial charge in [-0.1, -0.05) is 39.3 Å². The largest absolute Gasteiger partial charge is 0.452 e. The van der Waals surface area contributed by atoms with E-state index in [1.165, 1.54) is 9.80 Å². The van der Waals surface area contributed by atoms with E-state index in [-0.39, 0.29) is 30.7 Å². The molecule has 1 aromatic carbocycles.